The smallest absolute Gasteiger partial charge is 0.149 e. The van der Waals surface area contributed by atoms with Gasteiger partial charge >= 0.3 is 0 Å². The Bertz CT molecular complexity index is 239. The van der Waals surface area contributed by atoms with Crippen molar-refractivity contribution in [3.05, 3.63) is 0 Å². The summed E-state index contributed by atoms with van der Waals surface area (Å²) in [5, 5.41) is 0. The van der Waals surface area contributed by atoms with Crippen molar-refractivity contribution in [3.63, 3.8) is 0 Å². The van der Waals surface area contributed by atoms with E-state index in [1.165, 1.54) is 0 Å². The van der Waals surface area contributed by atoms with Crippen LogP contribution in [0.25, 0.3) is 0 Å². The molecule has 3 unspecified atom stereocenters. The van der Waals surface area contributed by atoms with Crippen LogP contribution in [-0.4, -0.2) is 29.3 Å². The summed E-state index contributed by atoms with van der Waals surface area (Å²) in [5.41, 5.74) is -0.435. The predicted octanol–water partition coefficient (Wildman–Crippen LogP) is 1.69. The molecule has 0 bridgehead atoms. The highest BCUT2D eigenvalue weighted by Gasteiger charge is 2.45. The molecule has 1 heterocycles. The van der Waals surface area contributed by atoms with Crippen molar-refractivity contribution in [1.82, 2.24) is 4.90 Å². The zero-order valence-corrected chi connectivity index (χ0v) is 8.64. The Morgan fingerprint density at radius 2 is 2.17 bits per heavy atom. The van der Waals surface area contributed by atoms with Crippen molar-refractivity contribution < 1.29 is 6.17 Å². The van der Waals surface area contributed by atoms with Crippen molar-refractivity contribution >= 4 is 5.78 Å². The van der Waals surface area contributed by atoms with E-state index >= 15 is 0 Å². The van der Waals surface area contributed by atoms with E-state index in [1.54, 1.807) is 6.92 Å². The third kappa shape index (κ3) is 1.18. The van der Waals surface area contributed by atoms with Crippen LogP contribution in [-0.2, 0) is 4.79 Å². The highest BCUT2D eigenvalue weighted by atomic mass is 16.1. The van der Waals surface area contributed by atoms with Crippen molar-refractivity contribution in [3.8, 4) is 0 Å². The number of nitrogens with zero attached hydrogens (tertiary/aromatic N) is 1. The van der Waals surface area contributed by atoms with Gasteiger partial charge in [0.1, 0.15) is 5.78 Å². The molecule has 0 N–H and O–H groups in total. The molecule has 0 aromatic rings. The number of likely N-dealkylation sites (N-methyl/N-ethyl adjacent to an activating group) is 1. The van der Waals surface area contributed by atoms with Gasteiger partial charge in [0.15, 0.2) is 0 Å². The highest BCUT2D eigenvalue weighted by molar-refractivity contribution is 5.86. The Labute approximate surface area is 76.3 Å². The van der Waals surface area contributed by atoms with Gasteiger partial charge in [-0.2, -0.15) is 0 Å². The van der Waals surface area contributed by atoms with Gasteiger partial charge in [0.05, 0.1) is 5.54 Å². The van der Waals surface area contributed by atoms with Gasteiger partial charge in [0, 0.05) is 7.41 Å². The first-order valence-electron chi connectivity index (χ1n) is 4.96. The first kappa shape index (κ1) is 8.24. The molecular weight excluding hydrogens is 150 g/mol. The van der Waals surface area contributed by atoms with Crippen LogP contribution in [0, 0.1) is 5.89 Å². The molecule has 0 saturated carbocycles. The number of Topliss-reactive ketones (excluding diaryl/α,β-unsaturated/α-hetero) is 1. The van der Waals surface area contributed by atoms with Gasteiger partial charge in [0.25, 0.3) is 0 Å². The monoisotopic (exact) mass is 171 g/mol. The third-order valence-corrected chi connectivity index (χ3v) is 3.45. The maximum atomic E-state index is 11.5. The van der Waals surface area contributed by atoms with E-state index < -0.39 is 11.4 Å². The molecule has 70 valence electrons. The van der Waals surface area contributed by atoms with Crippen LogP contribution in [0.15, 0.2) is 0 Å². The summed E-state index contributed by atoms with van der Waals surface area (Å²) in [6.45, 7) is 7.47. The molecule has 3 atom stereocenters. The summed E-state index contributed by atoms with van der Waals surface area (Å²) in [6, 6.07) is 0.140. The maximum Gasteiger partial charge on any atom is 0.149 e. The van der Waals surface area contributed by atoms with E-state index in [9.17, 15) is 4.79 Å². The molecular formula is C10H19NO. The average Bonchev–Trinajstić information content (AvgIpc) is 2.13. The van der Waals surface area contributed by atoms with E-state index in [-0.39, 0.29) is 11.8 Å². The Hall–Kier alpha value is -0.370. The topological polar surface area (TPSA) is 20.3 Å². The fraction of sp³-hybridized carbons (Fsp3) is 0.900. The minimum absolute atomic E-state index is 0.140. The molecule has 1 fully saturated rings. The number of ketones is 1. The van der Waals surface area contributed by atoms with Gasteiger partial charge in [-0.25, -0.2) is 0 Å². The van der Waals surface area contributed by atoms with Gasteiger partial charge in [0.2, 0.25) is 0 Å². The van der Waals surface area contributed by atoms with Crippen LogP contribution in [0.2, 0.25) is 0 Å². The number of carbonyl (C=O) groups is 1. The summed E-state index contributed by atoms with van der Waals surface area (Å²) in [4.78, 5) is 13.5. The SMILES string of the molecule is [3H]C1(C)CC(C)(C(C)=O)N(C)C1C. The van der Waals surface area contributed by atoms with Crippen LogP contribution >= 0.6 is 0 Å². The summed E-state index contributed by atoms with van der Waals surface area (Å²) >= 11 is 0. The molecule has 0 aromatic carbocycles. The van der Waals surface area contributed by atoms with E-state index in [1.807, 2.05) is 32.7 Å². The number of hydrogen-bond acceptors (Lipinski definition) is 2. The molecule has 0 aromatic heterocycles. The minimum atomic E-state index is -0.505. The summed E-state index contributed by atoms with van der Waals surface area (Å²) in [5.74, 6) is -0.340. The normalized spacial score (nSPS) is 50.8. The summed E-state index contributed by atoms with van der Waals surface area (Å²) < 4.78 is 8.08. The van der Waals surface area contributed by atoms with Crippen molar-refractivity contribution in [2.75, 3.05) is 7.05 Å². The second-order valence-corrected chi connectivity index (χ2v) is 4.14. The number of likely N-dealkylation sites (tertiary alicyclic amines) is 1. The highest BCUT2D eigenvalue weighted by Crippen LogP contribution is 2.36. The average molecular weight is 171 g/mol. The lowest BCUT2D eigenvalue weighted by Gasteiger charge is -2.31. The third-order valence-electron chi connectivity index (χ3n) is 3.45. The van der Waals surface area contributed by atoms with Crippen LogP contribution in [0.1, 0.15) is 35.5 Å². The van der Waals surface area contributed by atoms with E-state index in [4.69, 9.17) is 1.37 Å². The molecule has 1 aliphatic heterocycles. The zero-order chi connectivity index (χ0) is 10.4. The van der Waals surface area contributed by atoms with Gasteiger partial charge in [-0.1, -0.05) is 6.92 Å². The second kappa shape index (κ2) is 2.84. The van der Waals surface area contributed by atoms with Crippen molar-refractivity contribution in [1.29, 1.82) is 0 Å². The van der Waals surface area contributed by atoms with E-state index in [2.05, 4.69) is 0 Å². The van der Waals surface area contributed by atoms with Crippen LogP contribution in [0.4, 0.5) is 0 Å². The molecule has 1 saturated heterocycles. The Kier molecular flexibility index (Phi) is 1.95. The minimum Gasteiger partial charge on any atom is -0.298 e. The maximum absolute atomic E-state index is 11.5. The molecule has 1 aliphatic rings. The quantitative estimate of drug-likeness (QED) is 0.598. The van der Waals surface area contributed by atoms with E-state index in [0.29, 0.717) is 6.42 Å². The molecule has 0 aliphatic carbocycles. The lowest BCUT2D eigenvalue weighted by molar-refractivity contribution is -0.126. The molecule has 12 heavy (non-hydrogen) atoms. The zero-order valence-electron chi connectivity index (χ0n) is 9.64. The van der Waals surface area contributed by atoms with Gasteiger partial charge in [-0.05, 0) is 40.1 Å². The van der Waals surface area contributed by atoms with Gasteiger partial charge in [-0.3, -0.25) is 9.69 Å². The van der Waals surface area contributed by atoms with Crippen LogP contribution < -0.4 is 0 Å². The van der Waals surface area contributed by atoms with Crippen molar-refractivity contribution in [2.45, 2.75) is 45.7 Å². The molecule has 2 heteroatoms. The predicted molar refractivity (Wildman–Crippen MR) is 50.1 cm³/mol. The van der Waals surface area contributed by atoms with Crippen molar-refractivity contribution in [2.24, 2.45) is 5.89 Å². The fourth-order valence-electron chi connectivity index (χ4n) is 1.95. The molecule has 0 spiro atoms. The summed E-state index contributed by atoms with van der Waals surface area (Å²) in [7, 11) is 1.94. The van der Waals surface area contributed by atoms with Crippen LogP contribution in [0.3, 0.4) is 0 Å². The number of rotatable bonds is 1. The van der Waals surface area contributed by atoms with Gasteiger partial charge in [-0.15, -0.1) is 0 Å². The molecule has 0 amide bonds. The largest absolute Gasteiger partial charge is 0.298 e. The lowest BCUT2D eigenvalue weighted by atomic mass is 9.91. The molecule has 2 nitrogen and oxygen atoms in total. The Morgan fingerprint density at radius 3 is 2.33 bits per heavy atom. The standard InChI is InChI=1S/C10H19NO/c1-7-6-10(4,9(3)12)11(5)8(7)2/h7-8H,6H2,1-5H3/i7T. The van der Waals surface area contributed by atoms with Crippen LogP contribution in [0.5, 0.6) is 0 Å². The van der Waals surface area contributed by atoms with E-state index in [0.717, 1.165) is 0 Å². The lowest BCUT2D eigenvalue weighted by Crippen LogP contribution is -2.46. The Balaban J connectivity index is 3.02. The van der Waals surface area contributed by atoms with Gasteiger partial charge < -0.3 is 0 Å². The summed E-state index contributed by atoms with van der Waals surface area (Å²) in [6.07, 6.45) is 0.632. The Morgan fingerprint density at radius 1 is 1.67 bits per heavy atom. The second-order valence-electron chi connectivity index (χ2n) is 4.14. The number of carbonyl (C=O) groups excluding carboxylic acids is 1. The first-order chi connectivity index (χ1) is 5.72. The fourth-order valence-corrected chi connectivity index (χ4v) is 1.95. The first-order valence-corrected chi connectivity index (χ1v) is 4.46. The molecule has 1 rings (SSSR count). The molecule has 0 radical (unpaired) electrons. The number of hydrogen-bond donors (Lipinski definition) is 0.